The lowest BCUT2D eigenvalue weighted by atomic mass is 9.85. The number of aliphatic hydroxyl groups excluding tert-OH is 5. The summed E-state index contributed by atoms with van der Waals surface area (Å²) in [6.45, 7) is 4.27. The molecule has 0 spiro atoms. The highest BCUT2D eigenvalue weighted by Crippen LogP contribution is 2.47. The first-order chi connectivity index (χ1) is 32.5. The van der Waals surface area contributed by atoms with Gasteiger partial charge in [-0.05, 0) is 44.9 Å². The van der Waals surface area contributed by atoms with E-state index in [9.17, 15) is 39.8 Å². The Kier molecular flexibility index (Phi) is 42.6. The fourth-order valence-corrected chi connectivity index (χ4v) is 9.66. The van der Waals surface area contributed by atoms with Crippen molar-refractivity contribution in [1.82, 2.24) is 0 Å². The summed E-state index contributed by atoms with van der Waals surface area (Å²) in [6.07, 6.45) is 41.0. The monoisotopic (exact) mass is 975 g/mol. The summed E-state index contributed by atoms with van der Waals surface area (Å²) in [5, 5.41) is 50.4. The average Bonchev–Trinajstić information content (AvgIpc) is 3.31. The van der Waals surface area contributed by atoms with Crippen LogP contribution in [0.4, 0.5) is 0 Å². The van der Waals surface area contributed by atoms with Crippen LogP contribution in [-0.4, -0.2) is 98.9 Å². The Morgan fingerprint density at radius 2 is 0.836 bits per heavy atom. The third-order valence-electron chi connectivity index (χ3n) is 13.1. The minimum Gasteiger partial charge on any atom is -0.457 e. The molecule has 0 aliphatic heterocycles. The zero-order valence-corrected chi connectivity index (χ0v) is 43.6. The standard InChI is InChI=1S/C54H103O12P/c1-3-5-7-9-11-13-15-17-19-21-23-24-25-26-27-29-31-33-35-37-39-41-43-48(55)65-47(46-64-67(61,62)66-54-52(59)50(57)49(56)51(58)53(54)60)45-63-44-42-40-38-36-34-32-30-28-22-20-18-16-14-12-10-8-6-4-2/h12,14,18,20,47,49-54,56-60H,3-11,13,15-17,19,21-46H2,1-2H3,(H,61,62)/b14-12-,20-18-. The third kappa shape index (κ3) is 36.4. The SMILES string of the molecule is CCCCC/C=C\C/C=C\CCCCCCCCCCOCC(COP(=O)(O)OC1C(O)C(O)C(O)C(O)C1O)OC(=O)CCCCCCCCCCCCCCCCCCCCCCCC. The maximum absolute atomic E-state index is 12.9. The van der Waals surface area contributed by atoms with Crippen LogP contribution >= 0.6 is 7.82 Å². The summed E-state index contributed by atoms with van der Waals surface area (Å²) in [4.78, 5) is 23.3. The van der Waals surface area contributed by atoms with Gasteiger partial charge in [-0.15, -0.1) is 0 Å². The summed E-state index contributed by atoms with van der Waals surface area (Å²) in [6, 6.07) is 0. The maximum Gasteiger partial charge on any atom is 0.472 e. The minimum absolute atomic E-state index is 0.0763. The first kappa shape index (κ1) is 63.8. The van der Waals surface area contributed by atoms with Crippen LogP contribution in [0.25, 0.3) is 0 Å². The van der Waals surface area contributed by atoms with Gasteiger partial charge in [-0.1, -0.05) is 224 Å². The second kappa shape index (κ2) is 44.7. The van der Waals surface area contributed by atoms with Crippen molar-refractivity contribution in [3.05, 3.63) is 24.3 Å². The number of unbranched alkanes of at least 4 members (excludes halogenated alkanes) is 32. The van der Waals surface area contributed by atoms with E-state index >= 15 is 0 Å². The molecule has 0 amide bonds. The molecule has 0 saturated heterocycles. The second-order valence-electron chi connectivity index (χ2n) is 19.4. The molecule has 13 heteroatoms. The van der Waals surface area contributed by atoms with E-state index in [0.717, 1.165) is 57.8 Å². The fourth-order valence-electron chi connectivity index (χ4n) is 8.68. The highest BCUT2D eigenvalue weighted by molar-refractivity contribution is 7.47. The summed E-state index contributed by atoms with van der Waals surface area (Å²) in [7, 11) is -5.02. The van der Waals surface area contributed by atoms with E-state index in [0.29, 0.717) is 13.0 Å². The number of ether oxygens (including phenoxy) is 2. The molecule has 0 aromatic carbocycles. The molecule has 0 radical (unpaired) electrons. The predicted molar refractivity (Wildman–Crippen MR) is 272 cm³/mol. The van der Waals surface area contributed by atoms with Crippen molar-refractivity contribution in [2.24, 2.45) is 0 Å². The Labute approximate surface area is 409 Å². The molecule has 396 valence electrons. The highest BCUT2D eigenvalue weighted by atomic mass is 31.2. The number of carbonyl (C=O) groups is 1. The molecule has 1 aliphatic carbocycles. The number of phosphoric acid groups is 1. The molecule has 1 saturated carbocycles. The molecule has 6 atom stereocenters. The summed E-state index contributed by atoms with van der Waals surface area (Å²) in [5.74, 6) is -0.473. The second-order valence-corrected chi connectivity index (χ2v) is 20.8. The number of rotatable bonds is 48. The minimum atomic E-state index is -5.02. The number of esters is 1. The molecule has 1 aliphatic rings. The molecular formula is C54H103O12P. The van der Waals surface area contributed by atoms with Crippen molar-refractivity contribution >= 4 is 13.8 Å². The van der Waals surface area contributed by atoms with Crippen LogP contribution in [0.15, 0.2) is 24.3 Å². The number of carbonyl (C=O) groups excluding carboxylic acids is 1. The molecule has 6 unspecified atom stereocenters. The zero-order chi connectivity index (χ0) is 49.1. The van der Waals surface area contributed by atoms with Gasteiger partial charge in [0.2, 0.25) is 0 Å². The van der Waals surface area contributed by atoms with E-state index in [-0.39, 0.29) is 13.0 Å². The number of allylic oxidation sites excluding steroid dienone is 4. The predicted octanol–water partition coefficient (Wildman–Crippen LogP) is 12.8. The number of hydrogen-bond acceptors (Lipinski definition) is 11. The van der Waals surface area contributed by atoms with Gasteiger partial charge in [0.15, 0.2) is 0 Å². The van der Waals surface area contributed by atoms with Crippen molar-refractivity contribution in [1.29, 1.82) is 0 Å². The van der Waals surface area contributed by atoms with Crippen molar-refractivity contribution in [3.8, 4) is 0 Å². The molecule has 0 bridgehead atoms. The van der Waals surface area contributed by atoms with Gasteiger partial charge in [0.05, 0.1) is 13.2 Å². The largest absolute Gasteiger partial charge is 0.472 e. The molecule has 1 fully saturated rings. The zero-order valence-electron chi connectivity index (χ0n) is 42.7. The Balaban J connectivity index is 2.29. The molecular weight excluding hydrogens is 872 g/mol. The van der Waals surface area contributed by atoms with Crippen LogP contribution in [0.1, 0.15) is 251 Å². The van der Waals surface area contributed by atoms with E-state index in [1.54, 1.807) is 0 Å². The van der Waals surface area contributed by atoms with Crippen molar-refractivity contribution in [3.63, 3.8) is 0 Å². The van der Waals surface area contributed by atoms with Crippen molar-refractivity contribution in [2.45, 2.75) is 294 Å². The quantitative estimate of drug-likeness (QED) is 0.0147. The van der Waals surface area contributed by atoms with Gasteiger partial charge in [-0.3, -0.25) is 13.8 Å². The van der Waals surface area contributed by atoms with Crippen LogP contribution in [0.2, 0.25) is 0 Å². The maximum atomic E-state index is 12.9. The number of hydrogen-bond donors (Lipinski definition) is 6. The molecule has 0 aromatic rings. The van der Waals surface area contributed by atoms with E-state index in [1.165, 1.54) is 167 Å². The van der Waals surface area contributed by atoms with Gasteiger partial charge >= 0.3 is 13.8 Å². The summed E-state index contributed by atoms with van der Waals surface area (Å²) < 4.78 is 34.4. The van der Waals surface area contributed by atoms with Crippen molar-refractivity contribution in [2.75, 3.05) is 19.8 Å². The topological polar surface area (TPSA) is 192 Å². The van der Waals surface area contributed by atoms with Gasteiger partial charge in [0.1, 0.15) is 42.7 Å². The van der Waals surface area contributed by atoms with Gasteiger partial charge in [-0.25, -0.2) is 4.57 Å². The number of phosphoric ester groups is 1. The van der Waals surface area contributed by atoms with Gasteiger partial charge in [-0.2, -0.15) is 0 Å². The van der Waals surface area contributed by atoms with E-state index in [2.05, 4.69) is 38.2 Å². The summed E-state index contributed by atoms with van der Waals surface area (Å²) >= 11 is 0. The van der Waals surface area contributed by atoms with Crippen LogP contribution in [0, 0.1) is 0 Å². The van der Waals surface area contributed by atoms with Crippen LogP contribution in [0.5, 0.6) is 0 Å². The molecule has 1 rings (SSSR count). The van der Waals surface area contributed by atoms with E-state index in [1.807, 2.05) is 0 Å². The Hall–Kier alpha value is -1.18. The molecule has 6 N–H and O–H groups in total. The van der Waals surface area contributed by atoms with Crippen LogP contribution in [0.3, 0.4) is 0 Å². The lowest BCUT2D eigenvalue weighted by Crippen LogP contribution is -2.64. The molecule has 12 nitrogen and oxygen atoms in total. The summed E-state index contributed by atoms with van der Waals surface area (Å²) in [5.41, 5.74) is 0. The molecule has 0 heterocycles. The highest BCUT2D eigenvalue weighted by Gasteiger charge is 2.51. The normalized spacial score (nSPS) is 21.4. The van der Waals surface area contributed by atoms with E-state index in [4.69, 9.17) is 18.5 Å². The number of aliphatic hydroxyl groups is 5. The fraction of sp³-hybridized carbons (Fsp3) is 0.907. The first-order valence-corrected chi connectivity index (χ1v) is 29.2. The lowest BCUT2D eigenvalue weighted by Gasteiger charge is -2.41. The van der Waals surface area contributed by atoms with Crippen LogP contribution < -0.4 is 0 Å². The Morgan fingerprint density at radius 3 is 1.28 bits per heavy atom. The lowest BCUT2D eigenvalue weighted by molar-refractivity contribution is -0.220. The van der Waals surface area contributed by atoms with Gasteiger partial charge in [0, 0.05) is 13.0 Å². The molecule has 0 aromatic heterocycles. The smallest absolute Gasteiger partial charge is 0.457 e. The third-order valence-corrected chi connectivity index (χ3v) is 14.1. The van der Waals surface area contributed by atoms with Crippen LogP contribution in [-0.2, 0) is 27.9 Å². The van der Waals surface area contributed by atoms with E-state index < -0.39 is 63.1 Å². The molecule has 67 heavy (non-hydrogen) atoms. The average molecular weight is 975 g/mol. The van der Waals surface area contributed by atoms with Crippen molar-refractivity contribution < 1.29 is 58.3 Å². The van der Waals surface area contributed by atoms with Gasteiger partial charge in [0.25, 0.3) is 0 Å². The Bertz CT molecular complexity index is 1200. The first-order valence-electron chi connectivity index (χ1n) is 27.7. The van der Waals surface area contributed by atoms with Gasteiger partial charge < -0.3 is 39.9 Å². The Morgan fingerprint density at radius 1 is 0.478 bits per heavy atom.